The van der Waals surface area contributed by atoms with E-state index in [1.165, 1.54) is 10.2 Å². The quantitative estimate of drug-likeness (QED) is 0.772. The highest BCUT2D eigenvalue weighted by molar-refractivity contribution is 5.49. The molecule has 1 aromatic heterocycles. The van der Waals surface area contributed by atoms with E-state index in [1.54, 1.807) is 0 Å². The highest BCUT2D eigenvalue weighted by Crippen LogP contribution is 2.15. The predicted molar refractivity (Wildman–Crippen MR) is 70.6 cm³/mol. The maximum atomic E-state index is 11.7. The van der Waals surface area contributed by atoms with Gasteiger partial charge in [0, 0.05) is 12.8 Å². The largest absolute Gasteiger partial charge is 0.441 e. The van der Waals surface area contributed by atoms with E-state index < -0.39 is 5.76 Å². The van der Waals surface area contributed by atoms with Gasteiger partial charge in [-0.25, -0.2) is 4.79 Å². The van der Waals surface area contributed by atoms with Gasteiger partial charge in [-0.3, -0.25) is 0 Å². The molecule has 2 rings (SSSR count). The Balaban J connectivity index is 2.28. The van der Waals surface area contributed by atoms with Gasteiger partial charge in [-0.05, 0) is 23.6 Å². The van der Waals surface area contributed by atoms with Crippen LogP contribution in [0.4, 0.5) is 0 Å². The fourth-order valence-electron chi connectivity index (χ4n) is 1.76. The summed E-state index contributed by atoms with van der Waals surface area (Å²) in [7, 11) is 0. The molecule has 5 nitrogen and oxygen atoms in total. The average molecular weight is 260 g/mol. The van der Waals surface area contributed by atoms with Crippen LogP contribution in [-0.2, 0) is 11.2 Å². The lowest BCUT2D eigenvalue weighted by Gasteiger charge is -2.05. The van der Waals surface area contributed by atoms with Crippen LogP contribution in [-0.4, -0.2) is 16.1 Å². The summed E-state index contributed by atoms with van der Waals surface area (Å²) in [6.07, 6.45) is 1.42. The van der Waals surface area contributed by atoms with Gasteiger partial charge in [0.15, 0.2) is 0 Å². The van der Waals surface area contributed by atoms with E-state index >= 15 is 0 Å². The lowest BCUT2D eigenvalue weighted by Crippen LogP contribution is -2.13. The number of aldehydes is 1. The molecule has 0 saturated heterocycles. The summed E-state index contributed by atoms with van der Waals surface area (Å²) >= 11 is 0. The van der Waals surface area contributed by atoms with Crippen molar-refractivity contribution in [1.82, 2.24) is 9.78 Å². The van der Waals surface area contributed by atoms with Crippen molar-refractivity contribution in [3.63, 3.8) is 0 Å². The number of carbonyl (C=O) groups is 1. The molecule has 0 atom stereocenters. The third-order valence-electron chi connectivity index (χ3n) is 2.87. The van der Waals surface area contributed by atoms with Crippen molar-refractivity contribution in [3.05, 3.63) is 46.3 Å². The summed E-state index contributed by atoms with van der Waals surface area (Å²) < 4.78 is 6.20. The Morgan fingerprint density at radius 2 is 2.00 bits per heavy atom. The van der Waals surface area contributed by atoms with Crippen LogP contribution in [0.3, 0.4) is 0 Å². The number of hydrogen-bond acceptors (Lipinski definition) is 4. The first-order valence-corrected chi connectivity index (χ1v) is 6.25. The summed E-state index contributed by atoms with van der Waals surface area (Å²) in [4.78, 5) is 22.0. The van der Waals surface area contributed by atoms with Crippen molar-refractivity contribution in [3.8, 4) is 5.69 Å². The number of aryl methyl sites for hydroxylation is 1. The second-order valence-corrected chi connectivity index (χ2v) is 4.63. The van der Waals surface area contributed by atoms with Gasteiger partial charge in [0.25, 0.3) is 0 Å². The molecule has 0 aliphatic rings. The molecular weight excluding hydrogens is 244 g/mol. The first kappa shape index (κ1) is 13.3. The maximum Gasteiger partial charge on any atom is 0.441 e. The van der Waals surface area contributed by atoms with Crippen LogP contribution in [0.1, 0.15) is 37.6 Å². The van der Waals surface area contributed by atoms with Crippen LogP contribution < -0.4 is 5.76 Å². The van der Waals surface area contributed by atoms with Gasteiger partial charge in [-0.1, -0.05) is 26.0 Å². The van der Waals surface area contributed by atoms with Crippen molar-refractivity contribution < 1.29 is 9.21 Å². The molecule has 0 radical (unpaired) electrons. The summed E-state index contributed by atoms with van der Waals surface area (Å²) in [5, 5.41) is 4.07. The van der Waals surface area contributed by atoms with Crippen LogP contribution >= 0.6 is 0 Å². The molecule has 2 aromatic rings. The van der Waals surface area contributed by atoms with Gasteiger partial charge in [0.2, 0.25) is 5.89 Å². The predicted octanol–water partition coefficient (Wildman–Crippen LogP) is 2.08. The Morgan fingerprint density at radius 3 is 2.58 bits per heavy atom. The summed E-state index contributed by atoms with van der Waals surface area (Å²) in [6, 6.07) is 7.60. The third-order valence-corrected chi connectivity index (χ3v) is 2.87. The molecular formula is C14H16N2O3. The second-order valence-electron chi connectivity index (χ2n) is 4.63. The van der Waals surface area contributed by atoms with Gasteiger partial charge in [0.1, 0.15) is 6.29 Å². The monoisotopic (exact) mass is 260 g/mol. The molecule has 0 bridgehead atoms. The van der Waals surface area contributed by atoms with Gasteiger partial charge in [-0.2, -0.15) is 4.68 Å². The molecule has 0 spiro atoms. The van der Waals surface area contributed by atoms with Gasteiger partial charge >= 0.3 is 5.76 Å². The number of benzene rings is 1. The van der Waals surface area contributed by atoms with E-state index in [0.717, 1.165) is 6.29 Å². The SMILES string of the molecule is CC(C)c1ccc(-n2nc(CCC=O)oc2=O)cc1. The molecule has 0 aliphatic carbocycles. The fraction of sp³-hybridized carbons (Fsp3) is 0.357. The number of rotatable bonds is 5. The minimum atomic E-state index is -0.529. The molecule has 1 aromatic carbocycles. The molecule has 0 N–H and O–H groups in total. The normalized spacial score (nSPS) is 10.9. The van der Waals surface area contributed by atoms with E-state index in [-0.39, 0.29) is 5.89 Å². The van der Waals surface area contributed by atoms with E-state index in [9.17, 15) is 9.59 Å². The van der Waals surface area contributed by atoms with Crippen LogP contribution in [0.5, 0.6) is 0 Å². The second kappa shape index (κ2) is 5.65. The summed E-state index contributed by atoms with van der Waals surface area (Å²) in [5.74, 6) is 0.189. The van der Waals surface area contributed by atoms with E-state index in [1.807, 2.05) is 24.3 Å². The van der Waals surface area contributed by atoms with Crippen molar-refractivity contribution in [2.24, 2.45) is 0 Å². The zero-order chi connectivity index (χ0) is 13.8. The maximum absolute atomic E-state index is 11.7. The summed E-state index contributed by atoms with van der Waals surface area (Å²) in [5.41, 5.74) is 1.86. The Bertz CT molecular complexity index is 608. The topological polar surface area (TPSA) is 65.1 Å². The highest BCUT2D eigenvalue weighted by atomic mass is 16.4. The number of hydrogen-bond donors (Lipinski definition) is 0. The molecule has 5 heteroatoms. The lowest BCUT2D eigenvalue weighted by molar-refractivity contribution is -0.107. The fourth-order valence-corrected chi connectivity index (χ4v) is 1.76. The highest BCUT2D eigenvalue weighted by Gasteiger charge is 2.09. The Hall–Kier alpha value is -2.17. The number of aromatic nitrogens is 2. The van der Waals surface area contributed by atoms with E-state index in [4.69, 9.17) is 4.42 Å². The molecule has 100 valence electrons. The van der Waals surface area contributed by atoms with Crippen LogP contribution in [0.25, 0.3) is 5.69 Å². The molecule has 0 amide bonds. The van der Waals surface area contributed by atoms with Crippen LogP contribution in [0.2, 0.25) is 0 Å². The van der Waals surface area contributed by atoms with Crippen molar-refractivity contribution >= 4 is 6.29 Å². The first-order chi connectivity index (χ1) is 9.11. The molecule has 0 unspecified atom stereocenters. The molecule has 0 aliphatic heterocycles. The van der Waals surface area contributed by atoms with E-state index in [2.05, 4.69) is 18.9 Å². The van der Waals surface area contributed by atoms with Crippen molar-refractivity contribution in [2.45, 2.75) is 32.6 Å². The van der Waals surface area contributed by atoms with Crippen LogP contribution in [0, 0.1) is 0 Å². The van der Waals surface area contributed by atoms with Crippen molar-refractivity contribution in [1.29, 1.82) is 0 Å². The first-order valence-electron chi connectivity index (χ1n) is 6.25. The zero-order valence-electron chi connectivity index (χ0n) is 11.0. The molecule has 1 heterocycles. The van der Waals surface area contributed by atoms with Gasteiger partial charge in [0.05, 0.1) is 5.69 Å². The number of nitrogens with zero attached hydrogens (tertiary/aromatic N) is 2. The molecule has 0 fully saturated rings. The van der Waals surface area contributed by atoms with E-state index in [0.29, 0.717) is 24.4 Å². The lowest BCUT2D eigenvalue weighted by atomic mass is 10.0. The minimum Gasteiger partial charge on any atom is -0.392 e. The zero-order valence-corrected chi connectivity index (χ0v) is 11.0. The Labute approximate surface area is 110 Å². The average Bonchev–Trinajstić information content (AvgIpc) is 2.77. The molecule has 19 heavy (non-hydrogen) atoms. The van der Waals surface area contributed by atoms with Gasteiger partial charge < -0.3 is 9.21 Å². The number of carbonyl (C=O) groups excluding carboxylic acids is 1. The standard InChI is InChI=1S/C14H16N2O3/c1-10(2)11-5-7-12(8-6-11)16-14(18)19-13(15-16)4-3-9-17/h5-10H,3-4H2,1-2H3. The summed E-state index contributed by atoms with van der Waals surface area (Å²) in [6.45, 7) is 4.21. The van der Waals surface area contributed by atoms with Crippen LogP contribution in [0.15, 0.2) is 33.5 Å². The minimum absolute atomic E-state index is 0.282. The van der Waals surface area contributed by atoms with Gasteiger partial charge in [-0.15, -0.1) is 5.10 Å². The third kappa shape index (κ3) is 2.99. The Morgan fingerprint density at radius 1 is 1.32 bits per heavy atom. The Kier molecular flexibility index (Phi) is 3.94. The molecule has 0 saturated carbocycles. The van der Waals surface area contributed by atoms with Crippen molar-refractivity contribution in [2.75, 3.05) is 0 Å². The smallest absolute Gasteiger partial charge is 0.392 e.